The summed E-state index contributed by atoms with van der Waals surface area (Å²) in [6, 6.07) is 4.30. The highest BCUT2D eigenvalue weighted by Gasteiger charge is 2.46. The summed E-state index contributed by atoms with van der Waals surface area (Å²) >= 11 is 0. The second kappa shape index (κ2) is 9.43. The van der Waals surface area contributed by atoms with E-state index in [9.17, 15) is 26.7 Å². The molecule has 1 aliphatic heterocycles. The molecule has 0 aliphatic carbocycles. The molecule has 3 heterocycles. The first kappa shape index (κ1) is 25.5. The van der Waals surface area contributed by atoms with Gasteiger partial charge in [-0.3, -0.25) is 4.79 Å². The van der Waals surface area contributed by atoms with Gasteiger partial charge in [0.1, 0.15) is 0 Å². The molecule has 4 rings (SSSR count). The van der Waals surface area contributed by atoms with Gasteiger partial charge in [0.25, 0.3) is 11.8 Å². The van der Waals surface area contributed by atoms with Crippen LogP contribution in [0.2, 0.25) is 0 Å². The average Bonchev–Trinajstić information content (AvgIpc) is 3.22. The summed E-state index contributed by atoms with van der Waals surface area (Å²) in [5, 5.41) is 11.2. The van der Waals surface area contributed by atoms with Gasteiger partial charge < -0.3 is 10.2 Å². The minimum atomic E-state index is -4.58. The van der Waals surface area contributed by atoms with E-state index >= 15 is 0 Å². The van der Waals surface area contributed by atoms with Gasteiger partial charge in [-0.2, -0.15) is 28.2 Å². The van der Waals surface area contributed by atoms with Crippen molar-refractivity contribution in [1.29, 1.82) is 0 Å². The fraction of sp³-hybridized carbons (Fsp3) is 0.435. The minimum Gasteiger partial charge on any atom is -0.352 e. The summed E-state index contributed by atoms with van der Waals surface area (Å²) in [5.74, 6) is -4.47. The van der Waals surface area contributed by atoms with E-state index in [2.05, 4.69) is 25.5 Å². The van der Waals surface area contributed by atoms with Crippen LogP contribution in [0.3, 0.4) is 0 Å². The molecule has 0 radical (unpaired) electrons. The molecule has 1 N–H and O–H groups in total. The number of carbonyl (C=O) groups is 1. The minimum absolute atomic E-state index is 0.0331. The summed E-state index contributed by atoms with van der Waals surface area (Å²) in [5.41, 5.74) is 0.857. The van der Waals surface area contributed by atoms with Gasteiger partial charge in [0.2, 0.25) is 5.95 Å². The van der Waals surface area contributed by atoms with Crippen molar-refractivity contribution in [2.75, 3.05) is 18.4 Å². The van der Waals surface area contributed by atoms with E-state index in [0.29, 0.717) is 23.8 Å². The zero-order valence-corrected chi connectivity index (χ0v) is 19.7. The SMILES string of the molecule is Cc1ccc(-n2ncc(C)n2)c(C(=O)N2CC(F)(F)C[C@@H](C)C2CNc2ncc(C(F)(F)F)cn2)c1. The Morgan fingerprint density at radius 2 is 1.86 bits per heavy atom. The van der Waals surface area contributed by atoms with Crippen molar-refractivity contribution >= 4 is 11.9 Å². The Bertz CT molecular complexity index is 1240. The summed E-state index contributed by atoms with van der Waals surface area (Å²) < 4.78 is 67.5. The Labute approximate surface area is 203 Å². The summed E-state index contributed by atoms with van der Waals surface area (Å²) in [6.07, 6.45) is -2.25. The lowest BCUT2D eigenvalue weighted by molar-refractivity contribution is -0.138. The number of rotatable bonds is 5. The molecule has 1 saturated heterocycles. The van der Waals surface area contributed by atoms with Crippen molar-refractivity contribution in [2.45, 2.75) is 45.3 Å². The van der Waals surface area contributed by atoms with Crippen molar-refractivity contribution in [2.24, 2.45) is 5.92 Å². The second-order valence-electron chi connectivity index (χ2n) is 9.01. The maximum atomic E-state index is 14.6. The van der Waals surface area contributed by atoms with E-state index in [1.807, 2.05) is 0 Å². The lowest BCUT2D eigenvalue weighted by Crippen LogP contribution is -2.57. The van der Waals surface area contributed by atoms with Crippen LogP contribution in [0.1, 0.15) is 40.5 Å². The molecule has 0 spiro atoms. The van der Waals surface area contributed by atoms with Gasteiger partial charge in [-0.15, -0.1) is 0 Å². The number of amides is 1. The molecule has 8 nitrogen and oxygen atoms in total. The Morgan fingerprint density at radius 1 is 1.17 bits per heavy atom. The first-order valence-electron chi connectivity index (χ1n) is 11.2. The number of likely N-dealkylation sites (tertiary alicyclic amines) is 1. The number of hydrogen-bond donors (Lipinski definition) is 1. The largest absolute Gasteiger partial charge is 0.419 e. The number of carbonyl (C=O) groups excluding carboxylic acids is 1. The normalized spacial score (nSPS) is 19.8. The molecule has 1 unspecified atom stereocenters. The number of benzene rings is 1. The van der Waals surface area contributed by atoms with Crippen LogP contribution in [0.25, 0.3) is 5.69 Å². The van der Waals surface area contributed by atoms with Crippen LogP contribution in [0.5, 0.6) is 0 Å². The smallest absolute Gasteiger partial charge is 0.352 e. The highest BCUT2D eigenvalue weighted by atomic mass is 19.4. The van der Waals surface area contributed by atoms with Crippen LogP contribution in [-0.4, -0.2) is 60.8 Å². The fourth-order valence-electron chi connectivity index (χ4n) is 4.25. The highest BCUT2D eigenvalue weighted by Crippen LogP contribution is 2.36. The molecule has 2 aromatic heterocycles. The molecule has 1 amide bonds. The third-order valence-corrected chi connectivity index (χ3v) is 5.99. The lowest BCUT2D eigenvalue weighted by atomic mass is 9.87. The number of piperidine rings is 1. The second-order valence-corrected chi connectivity index (χ2v) is 9.01. The van der Waals surface area contributed by atoms with E-state index in [4.69, 9.17) is 0 Å². The Kier molecular flexibility index (Phi) is 6.67. The molecule has 36 heavy (non-hydrogen) atoms. The van der Waals surface area contributed by atoms with Gasteiger partial charge >= 0.3 is 6.18 Å². The number of halogens is 5. The molecule has 1 aliphatic rings. The Hall–Kier alpha value is -3.64. The number of alkyl halides is 5. The van der Waals surface area contributed by atoms with E-state index < -0.39 is 48.5 Å². The maximum absolute atomic E-state index is 14.6. The number of nitrogens with one attached hydrogen (secondary N) is 1. The number of hydrogen-bond acceptors (Lipinski definition) is 6. The number of aryl methyl sites for hydroxylation is 2. The number of aromatic nitrogens is 5. The molecule has 1 fully saturated rings. The van der Waals surface area contributed by atoms with Gasteiger partial charge in [0.05, 0.1) is 41.3 Å². The zero-order valence-electron chi connectivity index (χ0n) is 19.7. The van der Waals surface area contributed by atoms with Gasteiger partial charge in [-0.1, -0.05) is 18.6 Å². The summed E-state index contributed by atoms with van der Waals surface area (Å²) in [4.78, 5) is 23.4. The van der Waals surface area contributed by atoms with E-state index in [1.54, 1.807) is 39.0 Å². The zero-order chi connectivity index (χ0) is 26.3. The monoisotopic (exact) mass is 509 g/mol. The van der Waals surface area contributed by atoms with E-state index in [0.717, 1.165) is 10.5 Å². The lowest BCUT2D eigenvalue weighted by Gasteiger charge is -2.43. The third kappa shape index (κ3) is 5.44. The first-order chi connectivity index (χ1) is 16.8. The summed E-state index contributed by atoms with van der Waals surface area (Å²) in [7, 11) is 0. The van der Waals surface area contributed by atoms with E-state index in [1.165, 1.54) is 11.0 Å². The van der Waals surface area contributed by atoms with Crippen molar-refractivity contribution in [3.63, 3.8) is 0 Å². The molecule has 1 aromatic carbocycles. The third-order valence-electron chi connectivity index (χ3n) is 5.99. The Balaban J connectivity index is 1.63. The topological polar surface area (TPSA) is 88.8 Å². The molecule has 0 saturated carbocycles. The molecule has 192 valence electrons. The van der Waals surface area contributed by atoms with Crippen LogP contribution in [0, 0.1) is 19.8 Å². The maximum Gasteiger partial charge on any atom is 0.419 e. The standard InChI is InChI=1S/C23H24F5N7O/c1-13-4-5-18(35-32-8-15(3)33-35)17(6-13)20(36)34-12-22(24,25)7-14(2)19(34)11-31-21-29-9-16(10-30-21)23(26,27)28/h4-6,8-10,14,19H,7,11-12H2,1-3H3,(H,29,30,31)/t14-,19?/m1/s1. The fourth-order valence-corrected chi connectivity index (χ4v) is 4.25. The van der Waals surface area contributed by atoms with Crippen molar-refractivity contribution < 1.29 is 26.7 Å². The van der Waals surface area contributed by atoms with Crippen LogP contribution in [0.15, 0.2) is 36.8 Å². The van der Waals surface area contributed by atoms with Crippen LogP contribution >= 0.6 is 0 Å². The molecule has 13 heteroatoms. The van der Waals surface area contributed by atoms with Crippen molar-refractivity contribution in [3.8, 4) is 5.69 Å². The van der Waals surface area contributed by atoms with Crippen LogP contribution in [0.4, 0.5) is 27.9 Å². The molecular formula is C23H24F5N7O. The van der Waals surface area contributed by atoms with Gasteiger partial charge in [0, 0.05) is 25.4 Å². The quantitative estimate of drug-likeness (QED) is 0.517. The number of anilines is 1. The Morgan fingerprint density at radius 3 is 2.47 bits per heavy atom. The van der Waals surface area contributed by atoms with Crippen LogP contribution in [-0.2, 0) is 6.18 Å². The number of nitrogens with zero attached hydrogens (tertiary/aromatic N) is 6. The van der Waals surface area contributed by atoms with E-state index in [-0.39, 0.29) is 18.1 Å². The predicted molar refractivity (Wildman–Crippen MR) is 120 cm³/mol. The predicted octanol–water partition coefficient (Wildman–Crippen LogP) is 4.29. The van der Waals surface area contributed by atoms with Gasteiger partial charge in [-0.25, -0.2) is 18.7 Å². The molecule has 0 bridgehead atoms. The van der Waals surface area contributed by atoms with Crippen LogP contribution < -0.4 is 5.32 Å². The van der Waals surface area contributed by atoms with Gasteiger partial charge in [-0.05, 0) is 31.9 Å². The first-order valence-corrected chi connectivity index (χ1v) is 11.2. The molecule has 2 atom stereocenters. The molecule has 3 aromatic rings. The van der Waals surface area contributed by atoms with Crippen molar-refractivity contribution in [1.82, 2.24) is 29.9 Å². The van der Waals surface area contributed by atoms with Gasteiger partial charge in [0.15, 0.2) is 0 Å². The molecular weight excluding hydrogens is 485 g/mol. The van der Waals surface area contributed by atoms with Crippen molar-refractivity contribution in [3.05, 3.63) is 59.2 Å². The average molecular weight is 509 g/mol. The summed E-state index contributed by atoms with van der Waals surface area (Å²) in [6.45, 7) is 4.26. The highest BCUT2D eigenvalue weighted by molar-refractivity contribution is 5.98.